The molecule has 0 aliphatic rings. The van der Waals surface area contributed by atoms with Gasteiger partial charge in [0.05, 0.1) is 11.9 Å². The highest BCUT2D eigenvalue weighted by Crippen LogP contribution is 2.20. The van der Waals surface area contributed by atoms with Crippen LogP contribution in [0.4, 0.5) is 0 Å². The monoisotopic (exact) mass is 314 g/mol. The van der Waals surface area contributed by atoms with Crippen LogP contribution in [0.25, 0.3) is 5.69 Å². The third kappa shape index (κ3) is 3.09. The van der Waals surface area contributed by atoms with Gasteiger partial charge in [-0.25, -0.2) is 4.68 Å². The molecule has 0 spiro atoms. The SMILES string of the molecule is Cc1nccc(OCc2cn(-c3ccc(Cl)cc3)nn2)c1C. The van der Waals surface area contributed by atoms with Crippen molar-refractivity contribution in [1.82, 2.24) is 20.0 Å². The third-order valence-corrected chi connectivity index (χ3v) is 3.67. The lowest BCUT2D eigenvalue weighted by atomic mass is 10.2. The van der Waals surface area contributed by atoms with Crippen LogP contribution in [0.1, 0.15) is 17.0 Å². The first-order chi connectivity index (χ1) is 10.6. The van der Waals surface area contributed by atoms with Crippen molar-refractivity contribution in [2.75, 3.05) is 0 Å². The van der Waals surface area contributed by atoms with Crippen LogP contribution in [-0.4, -0.2) is 20.0 Å². The Labute approximate surface area is 133 Å². The highest BCUT2D eigenvalue weighted by molar-refractivity contribution is 6.30. The van der Waals surface area contributed by atoms with Crippen molar-refractivity contribution in [3.63, 3.8) is 0 Å². The number of ether oxygens (including phenoxy) is 1. The minimum Gasteiger partial charge on any atom is -0.487 e. The average Bonchev–Trinajstić information content (AvgIpc) is 2.98. The zero-order valence-electron chi connectivity index (χ0n) is 12.3. The van der Waals surface area contributed by atoms with E-state index in [1.165, 1.54) is 0 Å². The Morgan fingerprint density at radius 3 is 2.68 bits per heavy atom. The summed E-state index contributed by atoms with van der Waals surface area (Å²) in [6.07, 6.45) is 3.58. The molecular weight excluding hydrogens is 300 g/mol. The number of hydrogen-bond donors (Lipinski definition) is 0. The molecule has 1 aromatic carbocycles. The second-order valence-corrected chi connectivity index (χ2v) is 5.38. The Morgan fingerprint density at radius 1 is 1.14 bits per heavy atom. The largest absolute Gasteiger partial charge is 0.487 e. The van der Waals surface area contributed by atoms with Gasteiger partial charge in [0.25, 0.3) is 0 Å². The first kappa shape index (κ1) is 14.5. The van der Waals surface area contributed by atoms with Crippen molar-refractivity contribution < 1.29 is 4.74 Å². The summed E-state index contributed by atoms with van der Waals surface area (Å²) in [7, 11) is 0. The molecule has 0 atom stereocenters. The quantitative estimate of drug-likeness (QED) is 0.739. The lowest BCUT2D eigenvalue weighted by Crippen LogP contribution is -1.99. The van der Waals surface area contributed by atoms with E-state index in [9.17, 15) is 0 Å². The number of nitrogens with zero attached hydrogens (tertiary/aromatic N) is 4. The fraction of sp³-hybridized carbons (Fsp3) is 0.188. The summed E-state index contributed by atoms with van der Waals surface area (Å²) in [4.78, 5) is 4.22. The zero-order chi connectivity index (χ0) is 15.5. The van der Waals surface area contributed by atoms with E-state index in [1.807, 2.05) is 50.4 Å². The fourth-order valence-corrected chi connectivity index (χ4v) is 2.14. The Bertz CT molecular complexity index is 783. The summed E-state index contributed by atoms with van der Waals surface area (Å²) >= 11 is 5.88. The Kier molecular flexibility index (Phi) is 4.06. The van der Waals surface area contributed by atoms with E-state index in [-0.39, 0.29) is 0 Å². The standard InChI is InChI=1S/C16H15ClN4O/c1-11-12(2)18-8-7-16(11)22-10-14-9-21(20-19-14)15-5-3-13(17)4-6-15/h3-9H,10H2,1-2H3. The topological polar surface area (TPSA) is 52.8 Å². The molecule has 3 aromatic rings. The van der Waals surface area contributed by atoms with Crippen molar-refractivity contribution in [2.24, 2.45) is 0 Å². The van der Waals surface area contributed by atoms with Crippen LogP contribution in [0.15, 0.2) is 42.7 Å². The molecule has 0 N–H and O–H groups in total. The molecule has 2 heterocycles. The highest BCUT2D eigenvalue weighted by atomic mass is 35.5. The van der Waals surface area contributed by atoms with Crippen LogP contribution in [0.5, 0.6) is 5.75 Å². The molecule has 0 radical (unpaired) electrons. The molecule has 2 aromatic heterocycles. The Balaban J connectivity index is 1.72. The smallest absolute Gasteiger partial charge is 0.134 e. The minimum absolute atomic E-state index is 0.359. The molecular formula is C16H15ClN4O. The second-order valence-electron chi connectivity index (χ2n) is 4.94. The number of rotatable bonds is 4. The maximum atomic E-state index is 5.88. The number of aryl methyl sites for hydroxylation is 1. The van der Waals surface area contributed by atoms with Crippen molar-refractivity contribution in [2.45, 2.75) is 20.5 Å². The number of hydrogen-bond acceptors (Lipinski definition) is 4. The van der Waals surface area contributed by atoms with Gasteiger partial charge in [0, 0.05) is 22.5 Å². The van der Waals surface area contributed by atoms with E-state index in [4.69, 9.17) is 16.3 Å². The van der Waals surface area contributed by atoms with E-state index < -0.39 is 0 Å². The highest BCUT2D eigenvalue weighted by Gasteiger charge is 2.06. The summed E-state index contributed by atoms with van der Waals surface area (Å²) < 4.78 is 7.49. The second kappa shape index (κ2) is 6.15. The first-order valence-corrected chi connectivity index (χ1v) is 7.23. The summed E-state index contributed by atoms with van der Waals surface area (Å²) in [5.74, 6) is 0.813. The molecule has 0 amide bonds. The molecule has 0 bridgehead atoms. The molecule has 22 heavy (non-hydrogen) atoms. The van der Waals surface area contributed by atoms with Crippen LogP contribution in [0.2, 0.25) is 5.02 Å². The van der Waals surface area contributed by atoms with Crippen LogP contribution < -0.4 is 4.74 Å². The van der Waals surface area contributed by atoms with Gasteiger partial charge in [0.2, 0.25) is 0 Å². The van der Waals surface area contributed by atoms with Gasteiger partial charge in [-0.05, 0) is 44.2 Å². The molecule has 112 valence electrons. The molecule has 0 aliphatic carbocycles. The van der Waals surface area contributed by atoms with Crippen molar-refractivity contribution in [3.05, 3.63) is 64.7 Å². The Morgan fingerprint density at radius 2 is 1.91 bits per heavy atom. The van der Waals surface area contributed by atoms with Gasteiger partial charge in [-0.2, -0.15) is 0 Å². The maximum Gasteiger partial charge on any atom is 0.134 e. The number of pyridine rings is 1. The molecule has 5 nitrogen and oxygen atoms in total. The van der Waals surface area contributed by atoms with Crippen molar-refractivity contribution >= 4 is 11.6 Å². The molecule has 0 unspecified atom stereocenters. The minimum atomic E-state index is 0.359. The summed E-state index contributed by atoms with van der Waals surface area (Å²) in [6.45, 7) is 4.30. The van der Waals surface area contributed by atoms with Crippen molar-refractivity contribution in [3.8, 4) is 11.4 Å². The molecule has 0 aliphatic heterocycles. The van der Waals surface area contributed by atoms with Gasteiger partial charge in [0.1, 0.15) is 18.1 Å². The van der Waals surface area contributed by atoms with Gasteiger partial charge in [-0.15, -0.1) is 5.10 Å². The molecule has 6 heteroatoms. The number of halogens is 1. The van der Waals surface area contributed by atoms with E-state index in [0.717, 1.165) is 28.4 Å². The van der Waals surface area contributed by atoms with Crippen LogP contribution in [0, 0.1) is 13.8 Å². The van der Waals surface area contributed by atoms with Gasteiger partial charge in [-0.1, -0.05) is 16.8 Å². The summed E-state index contributed by atoms with van der Waals surface area (Å²) in [5, 5.41) is 8.91. The third-order valence-electron chi connectivity index (χ3n) is 3.41. The zero-order valence-corrected chi connectivity index (χ0v) is 13.1. The van der Waals surface area contributed by atoms with Gasteiger partial charge in [0.15, 0.2) is 0 Å². The normalized spacial score (nSPS) is 10.7. The van der Waals surface area contributed by atoms with E-state index >= 15 is 0 Å². The lowest BCUT2D eigenvalue weighted by molar-refractivity contribution is 0.298. The summed E-state index contributed by atoms with van der Waals surface area (Å²) in [6, 6.07) is 9.26. The Hall–Kier alpha value is -2.40. The number of benzene rings is 1. The van der Waals surface area contributed by atoms with E-state index in [2.05, 4.69) is 15.3 Å². The maximum absolute atomic E-state index is 5.88. The number of aromatic nitrogens is 4. The van der Waals surface area contributed by atoms with Gasteiger partial charge >= 0.3 is 0 Å². The average molecular weight is 315 g/mol. The van der Waals surface area contributed by atoms with E-state index in [0.29, 0.717) is 11.6 Å². The van der Waals surface area contributed by atoms with Crippen LogP contribution in [-0.2, 0) is 6.61 Å². The van der Waals surface area contributed by atoms with Crippen molar-refractivity contribution in [1.29, 1.82) is 0 Å². The van der Waals surface area contributed by atoms with Gasteiger partial charge in [-0.3, -0.25) is 4.98 Å². The predicted octanol–water partition coefficient (Wildman–Crippen LogP) is 3.51. The predicted molar refractivity (Wildman–Crippen MR) is 84.4 cm³/mol. The molecule has 0 fully saturated rings. The molecule has 3 rings (SSSR count). The molecule has 0 saturated carbocycles. The van der Waals surface area contributed by atoms with Crippen LogP contribution in [0.3, 0.4) is 0 Å². The van der Waals surface area contributed by atoms with Crippen LogP contribution >= 0.6 is 11.6 Å². The first-order valence-electron chi connectivity index (χ1n) is 6.85. The summed E-state index contributed by atoms with van der Waals surface area (Å²) in [5.41, 5.74) is 3.65. The van der Waals surface area contributed by atoms with Gasteiger partial charge < -0.3 is 4.74 Å². The fourth-order valence-electron chi connectivity index (χ4n) is 2.01. The lowest BCUT2D eigenvalue weighted by Gasteiger charge is -2.08. The van der Waals surface area contributed by atoms with E-state index in [1.54, 1.807) is 10.9 Å². The molecule has 0 saturated heterocycles.